The number of hydrogen-bond donors (Lipinski definition) is 2. The number of carbonyl (C=O) groups is 1. The van der Waals surface area contributed by atoms with E-state index in [1.165, 1.54) is 18.3 Å². The summed E-state index contributed by atoms with van der Waals surface area (Å²) in [6.45, 7) is 1.55. The number of carbonyl (C=O) groups excluding carboxylic acids is 1. The van der Waals surface area contributed by atoms with Crippen molar-refractivity contribution in [3.8, 4) is 0 Å². The molecule has 1 aromatic heterocycles. The molecule has 0 bridgehead atoms. The second kappa shape index (κ2) is 4.58. The lowest BCUT2D eigenvalue weighted by Crippen LogP contribution is -2.32. The number of anilines is 1. The van der Waals surface area contributed by atoms with Gasteiger partial charge in [-0.1, -0.05) is 0 Å². The van der Waals surface area contributed by atoms with Gasteiger partial charge < -0.3 is 11.1 Å². The highest BCUT2D eigenvalue weighted by Crippen LogP contribution is 2.10. The normalized spacial score (nSPS) is 13.2. The Kier molecular flexibility index (Phi) is 3.61. The number of rotatable bonds is 3. The molecule has 6 nitrogen and oxygen atoms in total. The minimum absolute atomic E-state index is 0.0358. The summed E-state index contributed by atoms with van der Waals surface area (Å²) in [7, 11) is -3.31. The number of nitrogens with two attached hydrogens (primary N) is 1. The van der Waals surface area contributed by atoms with E-state index in [-0.39, 0.29) is 10.9 Å². The van der Waals surface area contributed by atoms with Gasteiger partial charge in [-0.05, 0) is 19.1 Å². The molecule has 1 aromatic rings. The summed E-state index contributed by atoms with van der Waals surface area (Å²) in [6.07, 6.45) is 2.34. The number of nitrogens with zero attached hydrogens (tertiary/aromatic N) is 1. The Morgan fingerprint density at radius 1 is 1.50 bits per heavy atom. The highest BCUT2D eigenvalue weighted by Gasteiger charge is 2.10. The minimum Gasteiger partial charge on any atom is -0.323 e. The molecule has 16 heavy (non-hydrogen) atoms. The van der Waals surface area contributed by atoms with Crippen LogP contribution in [0.4, 0.5) is 5.69 Å². The van der Waals surface area contributed by atoms with Gasteiger partial charge in [-0.25, -0.2) is 13.4 Å². The Morgan fingerprint density at radius 3 is 2.50 bits per heavy atom. The standard InChI is InChI=1S/C9H13N3O3S/c1-6(10)9(13)12-7-3-4-8(11-5-7)16(2,14)15/h3-6H,10H2,1-2H3,(H,12,13)/t6-/m1/s1. The summed E-state index contributed by atoms with van der Waals surface area (Å²) in [5, 5.41) is 2.46. The number of pyridine rings is 1. The summed E-state index contributed by atoms with van der Waals surface area (Å²) in [5.74, 6) is -0.353. The molecule has 0 aliphatic carbocycles. The van der Waals surface area contributed by atoms with E-state index < -0.39 is 15.9 Å². The van der Waals surface area contributed by atoms with E-state index in [4.69, 9.17) is 5.73 Å². The third-order valence-electron chi connectivity index (χ3n) is 1.80. The van der Waals surface area contributed by atoms with Gasteiger partial charge in [0.25, 0.3) is 0 Å². The molecule has 0 radical (unpaired) electrons. The van der Waals surface area contributed by atoms with E-state index in [1.807, 2.05) is 0 Å². The van der Waals surface area contributed by atoms with Gasteiger partial charge in [0.2, 0.25) is 5.91 Å². The van der Waals surface area contributed by atoms with E-state index in [1.54, 1.807) is 6.92 Å². The summed E-state index contributed by atoms with van der Waals surface area (Å²) < 4.78 is 22.2. The quantitative estimate of drug-likeness (QED) is 0.763. The topological polar surface area (TPSA) is 102 Å². The Bertz CT molecular complexity index is 479. The van der Waals surface area contributed by atoms with E-state index in [2.05, 4.69) is 10.3 Å². The van der Waals surface area contributed by atoms with E-state index >= 15 is 0 Å². The van der Waals surface area contributed by atoms with Crippen molar-refractivity contribution in [3.63, 3.8) is 0 Å². The second-order valence-corrected chi connectivity index (χ2v) is 5.40. The average Bonchev–Trinajstić information content (AvgIpc) is 2.17. The summed E-state index contributed by atoms with van der Waals surface area (Å²) >= 11 is 0. The molecule has 7 heteroatoms. The van der Waals surface area contributed by atoms with Crippen molar-refractivity contribution in [1.29, 1.82) is 0 Å². The third kappa shape index (κ3) is 3.28. The van der Waals surface area contributed by atoms with Gasteiger partial charge in [0.15, 0.2) is 14.9 Å². The number of nitrogens with one attached hydrogen (secondary N) is 1. The van der Waals surface area contributed by atoms with Crippen LogP contribution in [0.15, 0.2) is 23.4 Å². The number of hydrogen-bond acceptors (Lipinski definition) is 5. The van der Waals surface area contributed by atoms with Crippen molar-refractivity contribution in [2.24, 2.45) is 5.73 Å². The fraction of sp³-hybridized carbons (Fsp3) is 0.333. The molecule has 0 fully saturated rings. The molecule has 0 aliphatic heterocycles. The van der Waals surface area contributed by atoms with Crippen LogP contribution in [0.1, 0.15) is 6.92 Å². The molecule has 0 aromatic carbocycles. The zero-order valence-electron chi connectivity index (χ0n) is 8.97. The molecule has 1 atom stereocenters. The average molecular weight is 243 g/mol. The SMILES string of the molecule is C[C@@H](N)C(=O)Nc1ccc(S(C)(=O)=O)nc1. The maximum absolute atomic E-state index is 11.2. The maximum atomic E-state index is 11.2. The van der Waals surface area contributed by atoms with Gasteiger partial charge in [0, 0.05) is 6.26 Å². The molecular formula is C9H13N3O3S. The van der Waals surface area contributed by atoms with Crippen LogP contribution in [0, 0.1) is 0 Å². The Balaban J connectivity index is 2.84. The van der Waals surface area contributed by atoms with Crippen molar-refractivity contribution < 1.29 is 13.2 Å². The first-order valence-corrected chi connectivity index (χ1v) is 6.42. The summed E-state index contributed by atoms with van der Waals surface area (Å²) in [5.41, 5.74) is 5.77. The first-order chi connectivity index (χ1) is 7.30. The van der Waals surface area contributed by atoms with Gasteiger partial charge in [-0.3, -0.25) is 4.79 Å². The van der Waals surface area contributed by atoms with Gasteiger partial charge in [-0.15, -0.1) is 0 Å². The molecule has 0 aliphatic rings. The largest absolute Gasteiger partial charge is 0.323 e. The second-order valence-electron chi connectivity index (χ2n) is 3.44. The lowest BCUT2D eigenvalue weighted by molar-refractivity contribution is -0.117. The molecule has 1 heterocycles. The van der Waals surface area contributed by atoms with Gasteiger partial charge >= 0.3 is 0 Å². The van der Waals surface area contributed by atoms with E-state index in [0.29, 0.717) is 5.69 Å². The first kappa shape index (κ1) is 12.6. The van der Waals surface area contributed by atoms with Gasteiger partial charge in [-0.2, -0.15) is 0 Å². The summed E-state index contributed by atoms with van der Waals surface area (Å²) in [6, 6.07) is 2.16. The molecule has 1 amide bonds. The number of aromatic nitrogens is 1. The molecular weight excluding hydrogens is 230 g/mol. The predicted molar refractivity (Wildman–Crippen MR) is 59.6 cm³/mol. The lowest BCUT2D eigenvalue weighted by Gasteiger charge is -2.07. The highest BCUT2D eigenvalue weighted by molar-refractivity contribution is 7.90. The first-order valence-electron chi connectivity index (χ1n) is 4.53. The molecule has 1 rings (SSSR count). The molecule has 3 N–H and O–H groups in total. The monoisotopic (exact) mass is 243 g/mol. The Hall–Kier alpha value is -1.47. The van der Waals surface area contributed by atoms with Crippen LogP contribution in [0.3, 0.4) is 0 Å². The molecule has 0 saturated carbocycles. The number of amides is 1. The van der Waals surface area contributed by atoms with E-state index in [9.17, 15) is 13.2 Å². The smallest absolute Gasteiger partial charge is 0.241 e. The Labute approximate surface area is 93.8 Å². The molecule has 0 spiro atoms. The molecule has 0 saturated heterocycles. The number of sulfone groups is 1. The zero-order chi connectivity index (χ0) is 12.3. The van der Waals surface area contributed by atoms with Crippen LogP contribution in [0.5, 0.6) is 0 Å². The van der Waals surface area contributed by atoms with Crippen molar-refractivity contribution >= 4 is 21.4 Å². The highest BCUT2D eigenvalue weighted by atomic mass is 32.2. The van der Waals surface area contributed by atoms with Crippen LogP contribution in [0.2, 0.25) is 0 Å². The lowest BCUT2D eigenvalue weighted by atomic mass is 10.3. The van der Waals surface area contributed by atoms with E-state index in [0.717, 1.165) is 6.26 Å². The van der Waals surface area contributed by atoms with Crippen molar-refractivity contribution in [3.05, 3.63) is 18.3 Å². The minimum atomic E-state index is -3.31. The fourth-order valence-corrected chi connectivity index (χ4v) is 1.49. The van der Waals surface area contributed by atoms with Crippen LogP contribution in [-0.4, -0.2) is 31.6 Å². The zero-order valence-corrected chi connectivity index (χ0v) is 9.78. The third-order valence-corrected chi connectivity index (χ3v) is 2.80. The van der Waals surface area contributed by atoms with Crippen LogP contribution >= 0.6 is 0 Å². The van der Waals surface area contributed by atoms with Crippen LogP contribution in [0.25, 0.3) is 0 Å². The summed E-state index contributed by atoms with van der Waals surface area (Å²) in [4.78, 5) is 14.9. The van der Waals surface area contributed by atoms with Crippen LogP contribution in [-0.2, 0) is 14.6 Å². The Morgan fingerprint density at radius 2 is 2.12 bits per heavy atom. The van der Waals surface area contributed by atoms with Crippen molar-refractivity contribution in [1.82, 2.24) is 4.98 Å². The molecule has 0 unspecified atom stereocenters. The molecule has 88 valence electrons. The maximum Gasteiger partial charge on any atom is 0.241 e. The van der Waals surface area contributed by atoms with Crippen LogP contribution < -0.4 is 11.1 Å². The van der Waals surface area contributed by atoms with Crippen molar-refractivity contribution in [2.75, 3.05) is 11.6 Å². The van der Waals surface area contributed by atoms with Crippen molar-refractivity contribution in [2.45, 2.75) is 18.0 Å². The fourth-order valence-electron chi connectivity index (χ4n) is 0.930. The predicted octanol–water partition coefficient (Wildman–Crippen LogP) is -0.229. The van der Waals surface area contributed by atoms with Gasteiger partial charge in [0.05, 0.1) is 17.9 Å². The van der Waals surface area contributed by atoms with Gasteiger partial charge in [0.1, 0.15) is 0 Å².